The minimum absolute atomic E-state index is 0.199. The van der Waals surface area contributed by atoms with Crippen molar-refractivity contribution in [1.29, 1.82) is 0 Å². The highest BCUT2D eigenvalue weighted by molar-refractivity contribution is 5.42. The second kappa shape index (κ2) is 6.02. The molecule has 1 aromatic carbocycles. The van der Waals surface area contributed by atoms with Gasteiger partial charge in [-0.15, -0.1) is 0 Å². The van der Waals surface area contributed by atoms with E-state index >= 15 is 0 Å². The first-order chi connectivity index (χ1) is 9.43. The normalized spacial score (nSPS) is 25.1. The van der Waals surface area contributed by atoms with Gasteiger partial charge in [-0.3, -0.25) is 4.90 Å². The predicted molar refractivity (Wildman–Crippen MR) is 81.3 cm³/mol. The smallest absolute Gasteiger partial charge is 0.160 e. The van der Waals surface area contributed by atoms with E-state index in [0.29, 0.717) is 23.8 Å². The molecule has 0 aromatic heterocycles. The highest BCUT2D eigenvalue weighted by Crippen LogP contribution is 2.33. The van der Waals surface area contributed by atoms with Crippen LogP contribution in [-0.2, 0) is 0 Å². The molecule has 0 amide bonds. The van der Waals surface area contributed by atoms with Crippen molar-refractivity contribution in [2.75, 3.05) is 34.3 Å². The highest BCUT2D eigenvalue weighted by atomic mass is 16.5. The monoisotopic (exact) mass is 278 g/mol. The fourth-order valence-corrected chi connectivity index (χ4v) is 3.14. The Morgan fingerprint density at radius 3 is 2.60 bits per heavy atom. The van der Waals surface area contributed by atoms with Crippen molar-refractivity contribution in [3.8, 4) is 11.5 Å². The van der Waals surface area contributed by atoms with Gasteiger partial charge in [0, 0.05) is 25.2 Å². The first-order valence-electron chi connectivity index (χ1n) is 7.21. The molecule has 1 aliphatic heterocycles. The maximum Gasteiger partial charge on any atom is 0.160 e. The Bertz CT molecular complexity index is 462. The fourth-order valence-electron chi connectivity index (χ4n) is 3.14. The maximum atomic E-state index is 9.69. The summed E-state index contributed by atoms with van der Waals surface area (Å²) in [7, 11) is 5.89. The van der Waals surface area contributed by atoms with Gasteiger partial charge in [-0.1, -0.05) is 13.0 Å². The lowest BCUT2D eigenvalue weighted by Gasteiger charge is -2.26. The number of hydrogen-bond acceptors (Lipinski definition) is 4. The molecule has 1 aromatic rings. The van der Waals surface area contributed by atoms with Gasteiger partial charge in [0.2, 0.25) is 0 Å². The van der Waals surface area contributed by atoms with E-state index in [-0.39, 0.29) is 5.75 Å². The average molecular weight is 278 g/mol. The van der Waals surface area contributed by atoms with E-state index in [1.54, 1.807) is 13.2 Å². The number of hydrogen-bond donors (Lipinski definition) is 1. The Morgan fingerprint density at radius 1 is 1.35 bits per heavy atom. The minimum atomic E-state index is 0.199. The Morgan fingerprint density at radius 2 is 2.05 bits per heavy atom. The largest absolute Gasteiger partial charge is 0.504 e. The van der Waals surface area contributed by atoms with E-state index < -0.39 is 0 Å². The fraction of sp³-hybridized carbons (Fsp3) is 0.625. The number of likely N-dealkylation sites (tertiary alicyclic amines) is 1. The molecule has 3 unspecified atom stereocenters. The van der Waals surface area contributed by atoms with Gasteiger partial charge in [-0.2, -0.15) is 0 Å². The van der Waals surface area contributed by atoms with Crippen LogP contribution in [0.1, 0.15) is 25.5 Å². The van der Waals surface area contributed by atoms with Crippen molar-refractivity contribution >= 4 is 0 Å². The second-order valence-electron chi connectivity index (χ2n) is 6.07. The summed E-state index contributed by atoms with van der Waals surface area (Å²) in [5.41, 5.74) is 1.19. The summed E-state index contributed by atoms with van der Waals surface area (Å²) in [6, 6.07) is 6.57. The van der Waals surface area contributed by atoms with Crippen LogP contribution in [-0.4, -0.2) is 55.2 Å². The summed E-state index contributed by atoms with van der Waals surface area (Å²) in [5, 5.41) is 9.69. The van der Waals surface area contributed by atoms with Gasteiger partial charge in [0.1, 0.15) is 0 Å². The summed E-state index contributed by atoms with van der Waals surface area (Å²) in [6.07, 6.45) is 0. The maximum absolute atomic E-state index is 9.69. The van der Waals surface area contributed by atoms with Crippen molar-refractivity contribution in [2.45, 2.75) is 25.9 Å². The molecular formula is C16H26N2O2. The molecule has 1 heterocycles. The molecule has 0 saturated carbocycles. The summed E-state index contributed by atoms with van der Waals surface area (Å²) >= 11 is 0. The SMILES string of the molecule is COc1cc(C(C)N2CC(C)C(N(C)C)C2)ccc1O. The molecule has 4 heteroatoms. The number of ether oxygens (including phenoxy) is 1. The molecule has 112 valence electrons. The predicted octanol–water partition coefficient (Wildman–Crippen LogP) is 2.34. The van der Waals surface area contributed by atoms with Gasteiger partial charge in [-0.25, -0.2) is 0 Å². The standard InChI is InChI=1S/C16H26N2O2/c1-11-9-18(10-14(11)17(3)4)12(2)13-6-7-15(19)16(8-13)20-5/h6-8,11-12,14,19H,9-10H2,1-5H3. The van der Waals surface area contributed by atoms with Gasteiger partial charge in [0.05, 0.1) is 7.11 Å². The Labute approximate surface area is 122 Å². The number of rotatable bonds is 4. The molecule has 1 aliphatic rings. The first kappa shape index (κ1) is 15.1. The van der Waals surface area contributed by atoms with Gasteiger partial charge in [0.15, 0.2) is 11.5 Å². The van der Waals surface area contributed by atoms with E-state index in [1.807, 2.05) is 12.1 Å². The van der Waals surface area contributed by atoms with Crippen molar-refractivity contribution in [3.63, 3.8) is 0 Å². The van der Waals surface area contributed by atoms with Gasteiger partial charge in [-0.05, 0) is 44.6 Å². The molecular weight excluding hydrogens is 252 g/mol. The van der Waals surface area contributed by atoms with Crippen LogP contribution in [0.15, 0.2) is 18.2 Å². The Hall–Kier alpha value is -1.26. The lowest BCUT2D eigenvalue weighted by atomic mass is 10.1. The Kier molecular flexibility index (Phi) is 4.55. The first-order valence-corrected chi connectivity index (χ1v) is 7.21. The molecule has 3 atom stereocenters. The summed E-state index contributed by atoms with van der Waals surface area (Å²) in [4.78, 5) is 4.82. The van der Waals surface area contributed by atoms with Gasteiger partial charge in [0.25, 0.3) is 0 Å². The zero-order valence-electron chi connectivity index (χ0n) is 13.1. The van der Waals surface area contributed by atoms with E-state index in [1.165, 1.54) is 5.56 Å². The highest BCUT2D eigenvalue weighted by Gasteiger charge is 2.33. The summed E-state index contributed by atoms with van der Waals surface area (Å²) in [5.74, 6) is 1.42. The third-order valence-corrected chi connectivity index (χ3v) is 4.50. The topological polar surface area (TPSA) is 35.9 Å². The number of benzene rings is 1. The molecule has 0 radical (unpaired) electrons. The number of methoxy groups -OCH3 is 1. The third kappa shape index (κ3) is 2.91. The van der Waals surface area contributed by atoms with Crippen molar-refractivity contribution in [2.24, 2.45) is 5.92 Å². The Balaban J connectivity index is 2.14. The van der Waals surface area contributed by atoms with Crippen LogP contribution in [0, 0.1) is 5.92 Å². The van der Waals surface area contributed by atoms with Crippen LogP contribution in [0.4, 0.5) is 0 Å². The van der Waals surface area contributed by atoms with Crippen LogP contribution in [0.3, 0.4) is 0 Å². The zero-order chi connectivity index (χ0) is 14.9. The number of phenols is 1. The van der Waals surface area contributed by atoms with Gasteiger partial charge < -0.3 is 14.7 Å². The van der Waals surface area contributed by atoms with E-state index in [0.717, 1.165) is 13.1 Å². The molecule has 1 N–H and O–H groups in total. The van der Waals surface area contributed by atoms with Crippen LogP contribution >= 0.6 is 0 Å². The molecule has 1 saturated heterocycles. The van der Waals surface area contributed by atoms with E-state index in [2.05, 4.69) is 37.7 Å². The second-order valence-corrected chi connectivity index (χ2v) is 6.07. The number of nitrogens with zero attached hydrogens (tertiary/aromatic N) is 2. The number of aromatic hydroxyl groups is 1. The van der Waals surface area contributed by atoms with Crippen LogP contribution in [0.5, 0.6) is 11.5 Å². The van der Waals surface area contributed by atoms with Crippen molar-refractivity contribution in [3.05, 3.63) is 23.8 Å². The minimum Gasteiger partial charge on any atom is -0.504 e. The quantitative estimate of drug-likeness (QED) is 0.917. The lowest BCUT2D eigenvalue weighted by molar-refractivity contribution is 0.226. The van der Waals surface area contributed by atoms with Crippen LogP contribution < -0.4 is 4.74 Å². The van der Waals surface area contributed by atoms with Gasteiger partial charge >= 0.3 is 0 Å². The van der Waals surface area contributed by atoms with Crippen molar-refractivity contribution in [1.82, 2.24) is 9.80 Å². The van der Waals surface area contributed by atoms with Crippen LogP contribution in [0.25, 0.3) is 0 Å². The molecule has 2 rings (SSSR count). The van der Waals surface area contributed by atoms with E-state index in [4.69, 9.17) is 4.74 Å². The molecule has 20 heavy (non-hydrogen) atoms. The molecule has 0 bridgehead atoms. The average Bonchev–Trinajstić information content (AvgIpc) is 2.80. The molecule has 0 aliphatic carbocycles. The van der Waals surface area contributed by atoms with E-state index in [9.17, 15) is 5.11 Å². The molecule has 1 fully saturated rings. The summed E-state index contributed by atoms with van der Waals surface area (Å²) < 4.78 is 5.20. The lowest BCUT2D eigenvalue weighted by Crippen LogP contribution is -2.34. The zero-order valence-corrected chi connectivity index (χ0v) is 13.1. The molecule has 0 spiro atoms. The molecule has 4 nitrogen and oxygen atoms in total. The summed E-state index contributed by atoms with van der Waals surface area (Å²) in [6.45, 7) is 6.72. The third-order valence-electron chi connectivity index (χ3n) is 4.50. The number of phenolic OH excluding ortho intramolecular Hbond substituents is 1. The van der Waals surface area contributed by atoms with Crippen LogP contribution in [0.2, 0.25) is 0 Å². The number of likely N-dealkylation sites (N-methyl/N-ethyl adjacent to an activating group) is 1. The van der Waals surface area contributed by atoms with Crippen molar-refractivity contribution < 1.29 is 9.84 Å².